The van der Waals surface area contributed by atoms with E-state index < -0.39 is 12.1 Å². The van der Waals surface area contributed by atoms with Crippen LogP contribution < -0.4 is 10.1 Å². The molecule has 0 atom stereocenters. The average molecular weight is 259 g/mol. The Morgan fingerprint density at radius 2 is 1.94 bits per heavy atom. The third-order valence-electron chi connectivity index (χ3n) is 2.04. The highest BCUT2D eigenvalue weighted by molar-refractivity contribution is 5.94. The van der Waals surface area contributed by atoms with Crippen LogP contribution in [0.2, 0.25) is 0 Å². The van der Waals surface area contributed by atoms with E-state index in [1.54, 1.807) is 12.1 Å². The highest BCUT2D eigenvalue weighted by Crippen LogP contribution is 2.15. The van der Waals surface area contributed by atoms with Crippen molar-refractivity contribution in [3.8, 4) is 5.75 Å². The van der Waals surface area contributed by atoms with Gasteiger partial charge in [0.05, 0.1) is 7.11 Å². The summed E-state index contributed by atoms with van der Waals surface area (Å²) in [6, 6.07) is 6.25. The summed E-state index contributed by atoms with van der Waals surface area (Å²) < 4.78 is 40.2. The monoisotopic (exact) mass is 259 g/mol. The smallest absolute Gasteiger partial charge is 0.409 e. The van der Waals surface area contributed by atoms with Crippen molar-refractivity contribution in [3.05, 3.63) is 42.0 Å². The molecule has 0 saturated carbocycles. The van der Waals surface area contributed by atoms with Crippen LogP contribution >= 0.6 is 0 Å². The van der Waals surface area contributed by atoms with Gasteiger partial charge in [-0.1, -0.05) is 6.08 Å². The number of carbonyl (C=O) groups excluding carboxylic acids is 1. The first kappa shape index (κ1) is 14.1. The normalized spacial score (nSPS) is 11.6. The summed E-state index contributed by atoms with van der Waals surface area (Å²) in [5.74, 6) is 0.160. The van der Waals surface area contributed by atoms with Crippen molar-refractivity contribution in [1.82, 2.24) is 5.32 Å². The van der Waals surface area contributed by atoms with E-state index >= 15 is 0 Å². The highest BCUT2D eigenvalue weighted by atomic mass is 19.4. The molecule has 0 radical (unpaired) electrons. The van der Waals surface area contributed by atoms with E-state index in [0.29, 0.717) is 11.3 Å². The maximum atomic E-state index is 11.8. The summed E-state index contributed by atoms with van der Waals surface area (Å²) in [4.78, 5) is 11.5. The van der Waals surface area contributed by atoms with Gasteiger partial charge in [0.25, 0.3) is 5.91 Å². The zero-order valence-corrected chi connectivity index (χ0v) is 9.62. The van der Waals surface area contributed by atoms with Gasteiger partial charge in [-0.2, -0.15) is 13.2 Å². The van der Waals surface area contributed by atoms with E-state index in [1.165, 1.54) is 19.2 Å². The largest absolute Gasteiger partial charge is 0.497 e. The molecule has 1 aromatic rings. The minimum Gasteiger partial charge on any atom is -0.497 e. The predicted octanol–water partition coefficient (Wildman–Crippen LogP) is 2.54. The molecule has 98 valence electrons. The number of rotatable bonds is 4. The van der Waals surface area contributed by atoms with Crippen molar-refractivity contribution >= 4 is 5.91 Å². The molecule has 18 heavy (non-hydrogen) atoms. The van der Waals surface area contributed by atoms with Crippen LogP contribution in [-0.4, -0.2) is 25.7 Å². The van der Waals surface area contributed by atoms with Crippen LogP contribution in [0.1, 0.15) is 10.4 Å². The Morgan fingerprint density at radius 1 is 1.33 bits per heavy atom. The average Bonchev–Trinajstić information content (AvgIpc) is 2.33. The Hall–Kier alpha value is -1.98. The lowest BCUT2D eigenvalue weighted by Crippen LogP contribution is -2.23. The molecule has 0 bridgehead atoms. The number of ether oxygens (including phenoxy) is 1. The van der Waals surface area contributed by atoms with Gasteiger partial charge in [-0.25, -0.2) is 0 Å². The second-order valence-corrected chi connectivity index (χ2v) is 3.38. The Balaban J connectivity index is 2.48. The van der Waals surface area contributed by atoms with Crippen LogP contribution in [0.5, 0.6) is 5.75 Å². The minimum atomic E-state index is -4.36. The van der Waals surface area contributed by atoms with Crippen molar-refractivity contribution in [3.63, 3.8) is 0 Å². The molecule has 1 N–H and O–H groups in total. The van der Waals surface area contributed by atoms with Gasteiger partial charge in [0, 0.05) is 18.2 Å². The van der Waals surface area contributed by atoms with Gasteiger partial charge in [-0.3, -0.25) is 4.79 Å². The number of allylic oxidation sites excluding steroid dienone is 1. The van der Waals surface area contributed by atoms with Crippen molar-refractivity contribution in [2.75, 3.05) is 13.7 Å². The zero-order chi connectivity index (χ0) is 13.6. The molecule has 1 rings (SSSR count). The van der Waals surface area contributed by atoms with Crippen LogP contribution in [0.4, 0.5) is 13.2 Å². The lowest BCUT2D eigenvalue weighted by atomic mass is 10.2. The van der Waals surface area contributed by atoms with E-state index in [4.69, 9.17) is 4.74 Å². The van der Waals surface area contributed by atoms with E-state index in [-0.39, 0.29) is 12.6 Å². The molecule has 0 aliphatic carbocycles. The molecule has 0 unspecified atom stereocenters. The Labute approximate surface area is 102 Å². The number of amides is 1. The van der Waals surface area contributed by atoms with Gasteiger partial charge in [-0.15, -0.1) is 0 Å². The first-order chi connectivity index (χ1) is 8.42. The standard InChI is InChI=1S/C12H12F3NO2/c1-18-10-5-3-9(4-6-10)11(17)16-8-2-7-12(13,14)15/h2-7H,8H2,1H3,(H,16,17)/b7-2-. The Bertz CT molecular complexity index is 424. The van der Waals surface area contributed by atoms with Crippen LogP contribution in [-0.2, 0) is 0 Å². The number of halogens is 3. The van der Waals surface area contributed by atoms with E-state index in [1.807, 2.05) is 0 Å². The Kier molecular flexibility index (Phi) is 4.76. The molecule has 0 aromatic heterocycles. The van der Waals surface area contributed by atoms with Crippen LogP contribution in [0.25, 0.3) is 0 Å². The molecule has 0 aliphatic heterocycles. The van der Waals surface area contributed by atoms with Crippen molar-refractivity contribution in [2.24, 2.45) is 0 Å². The number of hydrogen-bond acceptors (Lipinski definition) is 2. The fourth-order valence-corrected chi connectivity index (χ4v) is 1.19. The van der Waals surface area contributed by atoms with Crippen LogP contribution in [0, 0.1) is 0 Å². The number of benzene rings is 1. The van der Waals surface area contributed by atoms with E-state index in [0.717, 1.165) is 6.08 Å². The van der Waals surface area contributed by atoms with Gasteiger partial charge in [0.1, 0.15) is 5.75 Å². The van der Waals surface area contributed by atoms with Gasteiger partial charge in [0.2, 0.25) is 0 Å². The van der Waals surface area contributed by atoms with Crippen molar-refractivity contribution in [2.45, 2.75) is 6.18 Å². The maximum absolute atomic E-state index is 11.8. The van der Waals surface area contributed by atoms with E-state index in [2.05, 4.69) is 5.32 Å². The molecule has 0 aliphatic rings. The molecule has 0 fully saturated rings. The molecule has 6 heteroatoms. The summed E-state index contributed by atoms with van der Waals surface area (Å²) in [5, 5.41) is 2.34. The molecular formula is C12H12F3NO2. The number of nitrogens with one attached hydrogen (secondary N) is 1. The molecule has 3 nitrogen and oxygen atoms in total. The first-order valence-corrected chi connectivity index (χ1v) is 5.09. The van der Waals surface area contributed by atoms with E-state index in [9.17, 15) is 18.0 Å². The SMILES string of the molecule is COc1ccc(C(=O)NC/C=C\C(F)(F)F)cc1. The molecular weight excluding hydrogens is 247 g/mol. The first-order valence-electron chi connectivity index (χ1n) is 5.09. The Morgan fingerprint density at radius 3 is 2.44 bits per heavy atom. The minimum absolute atomic E-state index is 0.0846. The lowest BCUT2D eigenvalue weighted by Gasteiger charge is -2.04. The van der Waals surface area contributed by atoms with Gasteiger partial charge >= 0.3 is 6.18 Å². The molecule has 1 amide bonds. The molecule has 0 heterocycles. The number of carbonyl (C=O) groups is 1. The highest BCUT2D eigenvalue weighted by Gasteiger charge is 2.21. The van der Waals surface area contributed by atoms with Crippen LogP contribution in [0.3, 0.4) is 0 Å². The summed E-state index contributed by atoms with van der Waals surface area (Å²) in [6.45, 7) is -0.176. The second kappa shape index (κ2) is 6.09. The van der Waals surface area contributed by atoms with Gasteiger partial charge in [0.15, 0.2) is 0 Å². The lowest BCUT2D eigenvalue weighted by molar-refractivity contribution is -0.0800. The summed E-state index contributed by atoms with van der Waals surface area (Å²) in [5.41, 5.74) is 0.358. The van der Waals surface area contributed by atoms with Gasteiger partial charge in [-0.05, 0) is 24.3 Å². The second-order valence-electron chi connectivity index (χ2n) is 3.38. The quantitative estimate of drug-likeness (QED) is 0.844. The third-order valence-corrected chi connectivity index (χ3v) is 2.04. The summed E-state index contributed by atoms with van der Waals surface area (Å²) in [7, 11) is 1.50. The fraction of sp³-hybridized carbons (Fsp3) is 0.250. The molecule has 0 spiro atoms. The van der Waals surface area contributed by atoms with Crippen LogP contribution in [0.15, 0.2) is 36.4 Å². The van der Waals surface area contributed by atoms with Gasteiger partial charge < -0.3 is 10.1 Å². The topological polar surface area (TPSA) is 38.3 Å². The summed E-state index contributed by atoms with van der Waals surface area (Å²) >= 11 is 0. The fourth-order valence-electron chi connectivity index (χ4n) is 1.19. The number of alkyl halides is 3. The molecule has 1 aromatic carbocycles. The number of methoxy groups -OCH3 is 1. The number of hydrogen-bond donors (Lipinski definition) is 1. The molecule has 0 saturated heterocycles. The van der Waals surface area contributed by atoms with Crippen molar-refractivity contribution in [1.29, 1.82) is 0 Å². The summed E-state index contributed by atoms with van der Waals surface area (Å²) in [6.07, 6.45) is -3.42. The zero-order valence-electron chi connectivity index (χ0n) is 9.62. The van der Waals surface area contributed by atoms with Crippen molar-refractivity contribution < 1.29 is 22.7 Å². The maximum Gasteiger partial charge on any atom is 0.409 e. The predicted molar refractivity (Wildman–Crippen MR) is 60.5 cm³/mol. The third kappa shape index (κ3) is 4.90.